The number of aryl methyl sites for hydroxylation is 1. The highest BCUT2D eigenvalue weighted by molar-refractivity contribution is 5.72. The Morgan fingerprint density at radius 2 is 2.50 bits per heavy atom. The van der Waals surface area contributed by atoms with Crippen LogP contribution in [0.3, 0.4) is 0 Å². The number of nitrogens with one attached hydrogen (secondary N) is 1. The number of aromatic nitrogens is 3. The van der Waals surface area contributed by atoms with Crippen molar-refractivity contribution in [3.8, 4) is 0 Å². The lowest BCUT2D eigenvalue weighted by Crippen LogP contribution is -2.22. The number of hydrogen-bond donors (Lipinski definition) is 1. The van der Waals surface area contributed by atoms with Gasteiger partial charge in [-0.05, 0) is 6.42 Å². The Balaban J connectivity index is 2.07. The quantitative estimate of drug-likeness (QED) is 0.633. The molecule has 0 atom stereocenters. The fourth-order valence-corrected chi connectivity index (χ4v) is 0.857. The van der Waals surface area contributed by atoms with Crippen LogP contribution in [0, 0.1) is 0 Å². The van der Waals surface area contributed by atoms with Crippen molar-refractivity contribution in [1.29, 1.82) is 0 Å². The lowest BCUT2D eigenvalue weighted by atomic mass is 10.4. The maximum absolute atomic E-state index is 10.5. The van der Waals surface area contributed by atoms with Crippen LogP contribution in [-0.2, 0) is 11.3 Å². The van der Waals surface area contributed by atoms with Gasteiger partial charge in [-0.1, -0.05) is 5.21 Å². The summed E-state index contributed by atoms with van der Waals surface area (Å²) in [6.07, 6.45) is 4.31. The highest BCUT2D eigenvalue weighted by Gasteiger charge is 1.92. The van der Waals surface area contributed by atoms with Crippen LogP contribution in [0.2, 0.25) is 0 Å². The van der Waals surface area contributed by atoms with Crippen molar-refractivity contribution in [2.24, 2.45) is 0 Å². The second-order valence-corrected chi connectivity index (χ2v) is 2.50. The molecule has 1 aromatic heterocycles. The maximum Gasteiger partial charge on any atom is 0.216 e. The van der Waals surface area contributed by atoms with E-state index in [1.807, 2.05) is 0 Å². The molecule has 0 bridgehead atoms. The molecule has 1 aromatic rings. The number of amides is 1. The van der Waals surface area contributed by atoms with E-state index >= 15 is 0 Å². The van der Waals surface area contributed by atoms with Crippen LogP contribution >= 0.6 is 0 Å². The topological polar surface area (TPSA) is 59.8 Å². The molecule has 0 saturated carbocycles. The first-order chi connectivity index (χ1) is 5.79. The molecule has 0 aliphatic carbocycles. The first kappa shape index (κ1) is 8.70. The van der Waals surface area contributed by atoms with Gasteiger partial charge in [-0.3, -0.25) is 9.48 Å². The van der Waals surface area contributed by atoms with Crippen LogP contribution in [0.25, 0.3) is 0 Å². The van der Waals surface area contributed by atoms with Crippen LogP contribution in [0.4, 0.5) is 0 Å². The SMILES string of the molecule is CC(=O)NCCCn1ccnn1. The van der Waals surface area contributed by atoms with E-state index in [2.05, 4.69) is 15.6 Å². The zero-order chi connectivity index (χ0) is 8.81. The molecule has 0 saturated heterocycles. The van der Waals surface area contributed by atoms with Gasteiger partial charge in [0.05, 0.1) is 6.20 Å². The van der Waals surface area contributed by atoms with Gasteiger partial charge >= 0.3 is 0 Å². The van der Waals surface area contributed by atoms with Crippen molar-refractivity contribution in [2.75, 3.05) is 6.54 Å². The Hall–Kier alpha value is -1.39. The lowest BCUT2D eigenvalue weighted by molar-refractivity contribution is -0.118. The molecule has 0 spiro atoms. The Bertz CT molecular complexity index is 232. The number of hydrogen-bond acceptors (Lipinski definition) is 3. The minimum absolute atomic E-state index is 0.00795. The van der Waals surface area contributed by atoms with Crippen molar-refractivity contribution < 1.29 is 4.79 Å². The van der Waals surface area contributed by atoms with Gasteiger partial charge in [0.15, 0.2) is 0 Å². The minimum atomic E-state index is 0.00795. The summed E-state index contributed by atoms with van der Waals surface area (Å²) < 4.78 is 1.74. The molecule has 12 heavy (non-hydrogen) atoms. The minimum Gasteiger partial charge on any atom is -0.356 e. The highest BCUT2D eigenvalue weighted by Crippen LogP contribution is 1.85. The van der Waals surface area contributed by atoms with E-state index in [0.29, 0.717) is 6.54 Å². The van der Waals surface area contributed by atoms with E-state index in [1.165, 1.54) is 6.92 Å². The lowest BCUT2D eigenvalue weighted by Gasteiger charge is -2.00. The summed E-state index contributed by atoms with van der Waals surface area (Å²) in [5.41, 5.74) is 0. The van der Waals surface area contributed by atoms with Crippen molar-refractivity contribution in [2.45, 2.75) is 19.9 Å². The molecule has 0 unspecified atom stereocenters. The summed E-state index contributed by atoms with van der Waals surface area (Å²) >= 11 is 0. The second-order valence-electron chi connectivity index (χ2n) is 2.50. The molecule has 1 rings (SSSR count). The fourth-order valence-electron chi connectivity index (χ4n) is 0.857. The van der Waals surface area contributed by atoms with E-state index in [9.17, 15) is 4.79 Å². The zero-order valence-electron chi connectivity index (χ0n) is 7.03. The van der Waals surface area contributed by atoms with Gasteiger partial charge in [-0.15, -0.1) is 5.10 Å². The van der Waals surface area contributed by atoms with Crippen molar-refractivity contribution in [3.05, 3.63) is 12.4 Å². The van der Waals surface area contributed by atoms with Gasteiger partial charge in [0.2, 0.25) is 5.91 Å². The average Bonchev–Trinajstić information content (AvgIpc) is 2.49. The van der Waals surface area contributed by atoms with Crippen LogP contribution in [0.15, 0.2) is 12.4 Å². The number of carbonyl (C=O) groups excluding carboxylic acids is 1. The third-order valence-corrected chi connectivity index (χ3v) is 1.41. The third-order valence-electron chi connectivity index (χ3n) is 1.41. The van der Waals surface area contributed by atoms with Crippen molar-refractivity contribution in [1.82, 2.24) is 20.3 Å². The van der Waals surface area contributed by atoms with E-state index in [-0.39, 0.29) is 5.91 Å². The molecule has 5 nitrogen and oxygen atoms in total. The van der Waals surface area contributed by atoms with Crippen LogP contribution in [0.1, 0.15) is 13.3 Å². The average molecular weight is 168 g/mol. The van der Waals surface area contributed by atoms with Gasteiger partial charge in [0, 0.05) is 26.2 Å². The first-order valence-electron chi connectivity index (χ1n) is 3.87. The van der Waals surface area contributed by atoms with Gasteiger partial charge in [0.1, 0.15) is 0 Å². The monoisotopic (exact) mass is 168 g/mol. The molecule has 0 aliphatic rings. The van der Waals surface area contributed by atoms with Gasteiger partial charge in [-0.25, -0.2) is 0 Å². The van der Waals surface area contributed by atoms with Crippen molar-refractivity contribution >= 4 is 5.91 Å². The highest BCUT2D eigenvalue weighted by atomic mass is 16.1. The normalized spacial score (nSPS) is 9.75. The summed E-state index contributed by atoms with van der Waals surface area (Å²) in [6.45, 7) is 2.99. The molecule has 5 heteroatoms. The summed E-state index contributed by atoms with van der Waals surface area (Å²) in [5, 5.41) is 10.2. The van der Waals surface area contributed by atoms with Gasteiger partial charge < -0.3 is 5.32 Å². The largest absolute Gasteiger partial charge is 0.356 e. The Labute approximate surface area is 70.8 Å². The Kier molecular flexibility index (Phi) is 3.25. The third kappa shape index (κ3) is 3.14. The summed E-state index contributed by atoms with van der Waals surface area (Å²) in [6, 6.07) is 0. The molecular weight excluding hydrogens is 156 g/mol. The van der Waals surface area contributed by atoms with E-state index in [1.54, 1.807) is 17.1 Å². The summed E-state index contributed by atoms with van der Waals surface area (Å²) in [7, 11) is 0. The number of nitrogens with zero attached hydrogens (tertiary/aromatic N) is 3. The second kappa shape index (κ2) is 4.48. The van der Waals surface area contributed by atoms with Crippen molar-refractivity contribution in [3.63, 3.8) is 0 Å². The van der Waals surface area contributed by atoms with Crippen LogP contribution in [-0.4, -0.2) is 27.4 Å². The molecule has 0 aliphatic heterocycles. The smallest absolute Gasteiger partial charge is 0.216 e. The maximum atomic E-state index is 10.5. The Morgan fingerprint density at radius 1 is 1.67 bits per heavy atom. The summed E-state index contributed by atoms with van der Waals surface area (Å²) in [4.78, 5) is 10.5. The van der Waals surface area contributed by atoms with Crippen LogP contribution < -0.4 is 5.32 Å². The predicted octanol–water partition coefficient (Wildman–Crippen LogP) is -0.196. The van der Waals surface area contributed by atoms with E-state index in [0.717, 1.165) is 13.0 Å². The molecule has 1 heterocycles. The standard InChI is InChI=1S/C7H12N4O/c1-7(12)8-3-2-5-11-6-4-9-10-11/h4,6H,2-3,5H2,1H3,(H,8,12). The van der Waals surface area contributed by atoms with Gasteiger partial charge in [0.25, 0.3) is 0 Å². The van der Waals surface area contributed by atoms with Crippen LogP contribution in [0.5, 0.6) is 0 Å². The molecule has 0 aromatic carbocycles. The molecule has 1 N–H and O–H groups in total. The number of rotatable bonds is 4. The number of carbonyl (C=O) groups is 1. The van der Waals surface area contributed by atoms with Gasteiger partial charge in [-0.2, -0.15) is 0 Å². The molecular formula is C7H12N4O. The molecule has 1 amide bonds. The first-order valence-corrected chi connectivity index (χ1v) is 3.87. The Morgan fingerprint density at radius 3 is 3.08 bits per heavy atom. The predicted molar refractivity (Wildman–Crippen MR) is 43.3 cm³/mol. The molecule has 0 fully saturated rings. The van der Waals surface area contributed by atoms with E-state index in [4.69, 9.17) is 0 Å². The summed E-state index contributed by atoms with van der Waals surface area (Å²) in [5.74, 6) is 0.00795. The van der Waals surface area contributed by atoms with E-state index < -0.39 is 0 Å². The molecule has 0 radical (unpaired) electrons. The zero-order valence-corrected chi connectivity index (χ0v) is 7.03. The molecule has 66 valence electrons. The fraction of sp³-hybridized carbons (Fsp3) is 0.571.